The normalized spacial score (nSPS) is 13.2. The first-order valence-corrected chi connectivity index (χ1v) is 8.22. The van der Waals surface area contributed by atoms with Gasteiger partial charge in [0.2, 0.25) is 5.91 Å². The van der Waals surface area contributed by atoms with E-state index in [-0.39, 0.29) is 17.6 Å². The lowest BCUT2D eigenvalue weighted by molar-refractivity contribution is -0.117. The first kappa shape index (κ1) is 17.0. The van der Waals surface area contributed by atoms with Gasteiger partial charge >= 0.3 is 6.09 Å². The maximum absolute atomic E-state index is 13.0. The number of ether oxygens (including phenoxy) is 1. The zero-order valence-electron chi connectivity index (χ0n) is 13.9. The SMILES string of the molecule is CCN(C(=O)Oc1cccc(NC(=O)C2CC2)c1)c1ccc(F)cc1. The monoisotopic (exact) mass is 342 g/mol. The van der Waals surface area contributed by atoms with Gasteiger partial charge < -0.3 is 10.1 Å². The van der Waals surface area contributed by atoms with Crippen LogP contribution in [0.5, 0.6) is 5.75 Å². The number of hydrogen-bond donors (Lipinski definition) is 1. The Morgan fingerprint density at radius 3 is 2.56 bits per heavy atom. The Bertz CT molecular complexity index is 772. The van der Waals surface area contributed by atoms with Gasteiger partial charge in [-0.2, -0.15) is 0 Å². The molecule has 0 bridgehead atoms. The topological polar surface area (TPSA) is 58.6 Å². The van der Waals surface area contributed by atoms with E-state index >= 15 is 0 Å². The minimum Gasteiger partial charge on any atom is -0.410 e. The zero-order valence-corrected chi connectivity index (χ0v) is 13.9. The molecule has 0 saturated heterocycles. The largest absolute Gasteiger partial charge is 0.419 e. The van der Waals surface area contributed by atoms with Crippen LogP contribution in [0.1, 0.15) is 19.8 Å². The van der Waals surface area contributed by atoms with E-state index in [0.29, 0.717) is 23.7 Å². The van der Waals surface area contributed by atoms with Crippen LogP contribution >= 0.6 is 0 Å². The van der Waals surface area contributed by atoms with Crippen molar-refractivity contribution in [1.82, 2.24) is 0 Å². The highest BCUT2D eigenvalue weighted by atomic mass is 19.1. The number of nitrogens with one attached hydrogen (secondary N) is 1. The third kappa shape index (κ3) is 4.35. The van der Waals surface area contributed by atoms with Crippen molar-refractivity contribution >= 4 is 23.4 Å². The Morgan fingerprint density at radius 2 is 1.92 bits per heavy atom. The summed E-state index contributed by atoms with van der Waals surface area (Å²) in [5, 5.41) is 2.81. The van der Waals surface area contributed by atoms with Gasteiger partial charge in [0.05, 0.1) is 0 Å². The molecule has 1 aliphatic rings. The summed E-state index contributed by atoms with van der Waals surface area (Å²) in [5.41, 5.74) is 1.14. The lowest BCUT2D eigenvalue weighted by atomic mass is 10.3. The molecule has 1 N–H and O–H groups in total. The van der Waals surface area contributed by atoms with E-state index in [2.05, 4.69) is 5.32 Å². The number of anilines is 2. The lowest BCUT2D eigenvalue weighted by Gasteiger charge is -2.20. The van der Waals surface area contributed by atoms with E-state index in [1.54, 1.807) is 31.2 Å². The smallest absolute Gasteiger partial charge is 0.410 e. The summed E-state index contributed by atoms with van der Waals surface area (Å²) in [5.74, 6) is 0.0525. The number of carbonyl (C=O) groups is 2. The summed E-state index contributed by atoms with van der Waals surface area (Å²) in [4.78, 5) is 25.6. The average molecular weight is 342 g/mol. The van der Waals surface area contributed by atoms with E-state index in [1.165, 1.54) is 29.2 Å². The number of carbonyl (C=O) groups excluding carboxylic acids is 2. The maximum Gasteiger partial charge on any atom is 0.419 e. The average Bonchev–Trinajstić information content (AvgIpc) is 3.42. The molecular weight excluding hydrogens is 323 g/mol. The van der Waals surface area contributed by atoms with Gasteiger partial charge in [-0.1, -0.05) is 6.07 Å². The molecule has 2 amide bonds. The first-order valence-electron chi connectivity index (χ1n) is 8.22. The third-order valence-electron chi connectivity index (χ3n) is 3.93. The molecule has 25 heavy (non-hydrogen) atoms. The molecule has 5 nitrogen and oxygen atoms in total. The molecule has 0 heterocycles. The molecule has 0 aliphatic heterocycles. The van der Waals surface area contributed by atoms with Gasteiger partial charge in [-0.3, -0.25) is 9.69 Å². The molecule has 0 aromatic heterocycles. The van der Waals surface area contributed by atoms with Crippen molar-refractivity contribution in [3.8, 4) is 5.75 Å². The molecule has 130 valence electrons. The summed E-state index contributed by atoms with van der Waals surface area (Å²) < 4.78 is 18.4. The molecular formula is C19H19FN2O3. The Hall–Kier alpha value is -2.89. The highest BCUT2D eigenvalue weighted by molar-refractivity contribution is 5.94. The van der Waals surface area contributed by atoms with Gasteiger partial charge in [0.1, 0.15) is 11.6 Å². The second kappa shape index (κ2) is 7.34. The molecule has 0 spiro atoms. The highest BCUT2D eigenvalue weighted by Crippen LogP contribution is 2.30. The second-order valence-corrected chi connectivity index (χ2v) is 5.88. The van der Waals surface area contributed by atoms with Crippen molar-refractivity contribution < 1.29 is 18.7 Å². The molecule has 1 aliphatic carbocycles. The van der Waals surface area contributed by atoms with Crippen LogP contribution in [0.2, 0.25) is 0 Å². The van der Waals surface area contributed by atoms with E-state index in [1.807, 2.05) is 0 Å². The predicted molar refractivity (Wildman–Crippen MR) is 93.2 cm³/mol. The van der Waals surface area contributed by atoms with E-state index in [4.69, 9.17) is 4.74 Å². The molecule has 3 rings (SSSR count). The molecule has 2 aromatic carbocycles. The van der Waals surface area contributed by atoms with Gasteiger partial charge in [0, 0.05) is 29.9 Å². The summed E-state index contributed by atoms with van der Waals surface area (Å²) in [7, 11) is 0. The van der Waals surface area contributed by atoms with Gasteiger partial charge in [-0.25, -0.2) is 9.18 Å². The van der Waals surface area contributed by atoms with Crippen LogP contribution in [0.4, 0.5) is 20.6 Å². The summed E-state index contributed by atoms with van der Waals surface area (Å²) >= 11 is 0. The second-order valence-electron chi connectivity index (χ2n) is 5.88. The van der Waals surface area contributed by atoms with Crippen molar-refractivity contribution in [3.63, 3.8) is 0 Å². The van der Waals surface area contributed by atoms with E-state index in [9.17, 15) is 14.0 Å². The molecule has 0 atom stereocenters. The van der Waals surface area contributed by atoms with Gasteiger partial charge in [-0.15, -0.1) is 0 Å². The minimum absolute atomic E-state index is 0.00928. The Kier molecular flexibility index (Phi) is 4.97. The van der Waals surface area contributed by atoms with Crippen molar-refractivity contribution in [2.24, 2.45) is 5.92 Å². The van der Waals surface area contributed by atoms with Crippen molar-refractivity contribution in [3.05, 3.63) is 54.3 Å². The lowest BCUT2D eigenvalue weighted by Crippen LogP contribution is -2.33. The fraction of sp³-hybridized carbons (Fsp3) is 0.263. The van der Waals surface area contributed by atoms with Crippen molar-refractivity contribution in [2.75, 3.05) is 16.8 Å². The Morgan fingerprint density at radius 1 is 1.20 bits per heavy atom. The number of hydrogen-bond acceptors (Lipinski definition) is 3. The van der Waals surface area contributed by atoms with Gasteiger partial charge in [0.15, 0.2) is 0 Å². The van der Waals surface area contributed by atoms with Crippen LogP contribution in [-0.4, -0.2) is 18.5 Å². The highest BCUT2D eigenvalue weighted by Gasteiger charge is 2.29. The van der Waals surface area contributed by atoms with Crippen molar-refractivity contribution in [1.29, 1.82) is 0 Å². The van der Waals surface area contributed by atoms with Crippen LogP contribution < -0.4 is 15.0 Å². The molecule has 1 saturated carbocycles. The van der Waals surface area contributed by atoms with Crippen LogP contribution in [0, 0.1) is 11.7 Å². The number of nitrogens with zero attached hydrogens (tertiary/aromatic N) is 1. The summed E-state index contributed by atoms with van der Waals surface area (Å²) in [6.07, 6.45) is 1.27. The Labute approximate surface area is 145 Å². The zero-order chi connectivity index (χ0) is 17.8. The third-order valence-corrected chi connectivity index (χ3v) is 3.93. The van der Waals surface area contributed by atoms with Crippen LogP contribution in [0.3, 0.4) is 0 Å². The molecule has 0 radical (unpaired) electrons. The maximum atomic E-state index is 13.0. The Balaban J connectivity index is 1.68. The molecule has 2 aromatic rings. The fourth-order valence-electron chi connectivity index (χ4n) is 2.42. The summed E-state index contributed by atoms with van der Waals surface area (Å²) in [6.45, 7) is 2.18. The van der Waals surface area contributed by atoms with Gasteiger partial charge in [-0.05, 0) is 56.2 Å². The number of halogens is 1. The number of amides is 2. The van der Waals surface area contributed by atoms with Crippen molar-refractivity contribution in [2.45, 2.75) is 19.8 Å². The van der Waals surface area contributed by atoms with Gasteiger partial charge in [0.25, 0.3) is 0 Å². The quantitative estimate of drug-likeness (QED) is 0.886. The van der Waals surface area contributed by atoms with Crippen LogP contribution in [0.25, 0.3) is 0 Å². The standard InChI is InChI=1S/C19H19FN2O3/c1-2-22(16-10-8-14(20)9-11-16)19(24)25-17-5-3-4-15(12-17)21-18(23)13-6-7-13/h3-5,8-13H,2,6-7H2,1H3,(H,21,23). The van der Waals surface area contributed by atoms with Crippen LogP contribution in [0.15, 0.2) is 48.5 Å². The minimum atomic E-state index is -0.570. The predicted octanol–water partition coefficient (Wildman–Crippen LogP) is 4.20. The van der Waals surface area contributed by atoms with Crippen LogP contribution in [-0.2, 0) is 4.79 Å². The van der Waals surface area contributed by atoms with E-state index < -0.39 is 6.09 Å². The number of rotatable bonds is 5. The fourth-order valence-corrected chi connectivity index (χ4v) is 2.42. The molecule has 1 fully saturated rings. The first-order chi connectivity index (χ1) is 12.1. The summed E-state index contributed by atoms with van der Waals surface area (Å²) in [6, 6.07) is 12.3. The molecule has 6 heteroatoms. The van der Waals surface area contributed by atoms with E-state index in [0.717, 1.165) is 12.8 Å². The number of benzene rings is 2. The molecule has 0 unspecified atom stereocenters.